The van der Waals surface area contributed by atoms with Crippen molar-refractivity contribution in [1.29, 1.82) is 0 Å². The van der Waals surface area contributed by atoms with E-state index in [0.717, 1.165) is 5.56 Å². The molecule has 0 bridgehead atoms. The number of ether oxygens (including phenoxy) is 2. The van der Waals surface area contributed by atoms with Gasteiger partial charge in [-0.05, 0) is 37.0 Å². The number of hydrogen-bond acceptors (Lipinski definition) is 6. The summed E-state index contributed by atoms with van der Waals surface area (Å²) in [5.74, 6) is -0.335. The van der Waals surface area contributed by atoms with Gasteiger partial charge in [-0.1, -0.05) is 30.3 Å². The van der Waals surface area contributed by atoms with Crippen LogP contribution in [0.1, 0.15) is 18.4 Å². The highest BCUT2D eigenvalue weighted by Crippen LogP contribution is 2.29. The lowest BCUT2D eigenvalue weighted by Gasteiger charge is -2.33. The van der Waals surface area contributed by atoms with Gasteiger partial charge in [-0.2, -0.15) is 4.72 Å². The average molecular weight is 476 g/mol. The Kier molecular flexibility index (Phi) is 7.93. The Morgan fingerprint density at radius 3 is 2.27 bits per heavy atom. The number of piperidine rings is 1. The van der Waals surface area contributed by atoms with Gasteiger partial charge in [-0.15, -0.1) is 0 Å². The number of methoxy groups -OCH3 is 2. The molecular formula is C23H29N3O6S. The van der Waals surface area contributed by atoms with E-state index in [0.29, 0.717) is 31.7 Å². The predicted molar refractivity (Wildman–Crippen MR) is 122 cm³/mol. The number of likely N-dealkylation sites (tertiary alicyclic amines) is 1. The first-order valence-corrected chi connectivity index (χ1v) is 12.1. The number of hydrogen-bond donors (Lipinski definition) is 2. The second kappa shape index (κ2) is 10.7. The Morgan fingerprint density at radius 1 is 1.06 bits per heavy atom. The van der Waals surface area contributed by atoms with Crippen LogP contribution in [-0.4, -0.2) is 58.5 Å². The van der Waals surface area contributed by atoms with Crippen LogP contribution < -0.4 is 19.9 Å². The summed E-state index contributed by atoms with van der Waals surface area (Å²) in [6.07, 6.45) is 1.10. The van der Waals surface area contributed by atoms with E-state index >= 15 is 0 Å². The molecule has 0 aliphatic carbocycles. The fraction of sp³-hybridized carbons (Fsp3) is 0.391. The van der Waals surface area contributed by atoms with Crippen molar-refractivity contribution >= 4 is 21.8 Å². The van der Waals surface area contributed by atoms with Crippen LogP contribution in [0.3, 0.4) is 0 Å². The average Bonchev–Trinajstić information content (AvgIpc) is 2.83. The van der Waals surface area contributed by atoms with Crippen LogP contribution in [0, 0.1) is 5.92 Å². The van der Waals surface area contributed by atoms with E-state index in [1.165, 1.54) is 32.4 Å². The third kappa shape index (κ3) is 6.02. The second-order valence-electron chi connectivity index (χ2n) is 7.88. The first-order chi connectivity index (χ1) is 15.7. The van der Waals surface area contributed by atoms with Gasteiger partial charge in [0.1, 0.15) is 6.04 Å². The summed E-state index contributed by atoms with van der Waals surface area (Å²) in [6.45, 7) is 0.686. The zero-order valence-electron chi connectivity index (χ0n) is 18.7. The Bertz CT molecular complexity index is 1080. The Morgan fingerprint density at radius 2 is 1.70 bits per heavy atom. The highest BCUT2D eigenvalue weighted by atomic mass is 32.2. The monoisotopic (exact) mass is 475 g/mol. The number of rotatable bonds is 9. The van der Waals surface area contributed by atoms with Crippen molar-refractivity contribution in [3.05, 3.63) is 54.1 Å². The number of nitrogens with zero attached hydrogens (tertiary/aromatic N) is 1. The fourth-order valence-electron chi connectivity index (χ4n) is 3.87. The largest absolute Gasteiger partial charge is 0.493 e. The standard InChI is InChI=1S/C23H29N3O6S/c1-31-20-9-8-18(15-21(20)32-2)33(29,30)25-19(14-16-6-4-3-5-7-16)23(28)26-12-10-17(11-13-26)22(24)27/h3-9,15,17,19,25H,10-14H2,1-2H3,(H2,24,27). The lowest BCUT2D eigenvalue weighted by atomic mass is 9.95. The van der Waals surface area contributed by atoms with E-state index < -0.39 is 16.1 Å². The van der Waals surface area contributed by atoms with Crippen LogP contribution in [0.4, 0.5) is 0 Å². The lowest BCUT2D eigenvalue weighted by Crippen LogP contribution is -2.52. The van der Waals surface area contributed by atoms with E-state index in [-0.39, 0.29) is 34.8 Å². The number of nitrogens with two attached hydrogens (primary N) is 1. The molecule has 1 atom stereocenters. The van der Waals surface area contributed by atoms with Crippen molar-refractivity contribution in [1.82, 2.24) is 9.62 Å². The molecule has 0 radical (unpaired) electrons. The van der Waals surface area contributed by atoms with Gasteiger partial charge in [-0.25, -0.2) is 8.42 Å². The molecule has 3 rings (SSSR count). The molecule has 2 amide bonds. The third-order valence-corrected chi connectivity index (χ3v) is 7.22. The first-order valence-electron chi connectivity index (χ1n) is 10.6. The SMILES string of the molecule is COc1ccc(S(=O)(=O)NC(Cc2ccccc2)C(=O)N2CCC(C(N)=O)CC2)cc1OC. The number of carbonyl (C=O) groups excluding carboxylic acids is 2. The van der Waals surface area contributed by atoms with Gasteiger partial charge in [-0.3, -0.25) is 9.59 Å². The van der Waals surface area contributed by atoms with Crippen molar-refractivity contribution in [2.45, 2.75) is 30.2 Å². The Hall–Kier alpha value is -3.11. The first kappa shape index (κ1) is 24.5. The maximum atomic E-state index is 13.3. The molecule has 33 heavy (non-hydrogen) atoms. The van der Waals surface area contributed by atoms with Crippen molar-refractivity contribution in [2.24, 2.45) is 11.7 Å². The lowest BCUT2D eigenvalue weighted by molar-refractivity contribution is -0.136. The van der Waals surface area contributed by atoms with Crippen molar-refractivity contribution < 1.29 is 27.5 Å². The maximum Gasteiger partial charge on any atom is 0.241 e. The molecule has 0 spiro atoms. The highest BCUT2D eigenvalue weighted by molar-refractivity contribution is 7.89. The van der Waals surface area contributed by atoms with E-state index in [4.69, 9.17) is 15.2 Å². The molecule has 2 aromatic rings. The molecule has 1 saturated heterocycles. The number of benzene rings is 2. The topological polar surface area (TPSA) is 128 Å². The highest BCUT2D eigenvalue weighted by Gasteiger charge is 2.33. The minimum absolute atomic E-state index is 0.0431. The van der Waals surface area contributed by atoms with Crippen molar-refractivity contribution in [3.63, 3.8) is 0 Å². The predicted octanol–water partition coefficient (Wildman–Crippen LogP) is 1.32. The molecule has 3 N–H and O–H groups in total. The van der Waals surface area contributed by atoms with Crippen LogP contribution in [0.15, 0.2) is 53.4 Å². The Balaban J connectivity index is 1.85. The summed E-state index contributed by atoms with van der Waals surface area (Å²) < 4.78 is 39.3. The van der Waals surface area contributed by atoms with Gasteiger partial charge >= 0.3 is 0 Å². The molecule has 178 valence electrons. The maximum absolute atomic E-state index is 13.3. The molecule has 9 nitrogen and oxygen atoms in total. The van der Waals surface area contributed by atoms with Crippen LogP contribution >= 0.6 is 0 Å². The van der Waals surface area contributed by atoms with E-state index in [2.05, 4.69) is 4.72 Å². The molecule has 1 aliphatic rings. The summed E-state index contributed by atoms with van der Waals surface area (Å²) in [5, 5.41) is 0. The normalized spacial score (nSPS) is 15.6. The second-order valence-corrected chi connectivity index (χ2v) is 9.60. The number of amides is 2. The minimum Gasteiger partial charge on any atom is -0.493 e. The van der Waals surface area contributed by atoms with Crippen LogP contribution in [0.25, 0.3) is 0 Å². The smallest absolute Gasteiger partial charge is 0.241 e. The molecule has 1 unspecified atom stereocenters. The summed E-state index contributed by atoms with van der Waals surface area (Å²) in [5.41, 5.74) is 6.21. The van der Waals surface area contributed by atoms with Gasteiger partial charge < -0.3 is 20.1 Å². The third-order valence-electron chi connectivity index (χ3n) is 5.75. The minimum atomic E-state index is -4.05. The van der Waals surface area contributed by atoms with E-state index in [1.807, 2.05) is 30.3 Å². The van der Waals surface area contributed by atoms with Crippen LogP contribution in [-0.2, 0) is 26.0 Å². The van der Waals surface area contributed by atoms with Gasteiger partial charge in [0.15, 0.2) is 11.5 Å². The molecule has 10 heteroatoms. The molecular weight excluding hydrogens is 446 g/mol. The zero-order chi connectivity index (χ0) is 24.0. The Labute approximate surface area is 193 Å². The van der Waals surface area contributed by atoms with Gasteiger partial charge in [0, 0.05) is 25.1 Å². The summed E-state index contributed by atoms with van der Waals surface area (Å²) >= 11 is 0. The van der Waals surface area contributed by atoms with E-state index in [9.17, 15) is 18.0 Å². The van der Waals surface area contributed by atoms with Crippen LogP contribution in [0.5, 0.6) is 11.5 Å². The molecule has 2 aromatic carbocycles. The van der Waals surface area contributed by atoms with Gasteiger partial charge in [0.2, 0.25) is 21.8 Å². The van der Waals surface area contributed by atoms with Crippen molar-refractivity contribution in [3.8, 4) is 11.5 Å². The zero-order valence-corrected chi connectivity index (χ0v) is 19.5. The van der Waals surface area contributed by atoms with Crippen LogP contribution in [0.2, 0.25) is 0 Å². The molecule has 1 aliphatic heterocycles. The van der Waals surface area contributed by atoms with E-state index in [1.54, 1.807) is 4.90 Å². The number of primary amides is 1. The van der Waals surface area contributed by atoms with Crippen molar-refractivity contribution in [2.75, 3.05) is 27.3 Å². The molecule has 1 heterocycles. The quantitative estimate of drug-likeness (QED) is 0.563. The molecule has 1 fully saturated rings. The van der Waals surface area contributed by atoms with Gasteiger partial charge in [0.25, 0.3) is 0 Å². The van der Waals surface area contributed by atoms with Gasteiger partial charge in [0.05, 0.1) is 19.1 Å². The summed E-state index contributed by atoms with van der Waals surface area (Å²) in [4.78, 5) is 26.4. The number of sulfonamides is 1. The molecule has 0 aromatic heterocycles. The number of nitrogens with one attached hydrogen (secondary N) is 1. The number of carbonyl (C=O) groups is 2. The fourth-order valence-corrected chi connectivity index (χ4v) is 5.08. The molecule has 0 saturated carbocycles. The summed E-state index contributed by atoms with van der Waals surface area (Å²) in [7, 11) is -1.18. The summed E-state index contributed by atoms with van der Waals surface area (Å²) in [6, 6.07) is 12.4.